The number of carbonyl (C=O) groups is 1. The van der Waals surface area contributed by atoms with Crippen LogP contribution in [-0.4, -0.2) is 39.1 Å². The molecule has 19 heavy (non-hydrogen) atoms. The Hall–Kier alpha value is -1.02. The van der Waals surface area contributed by atoms with Crippen LogP contribution in [0.15, 0.2) is 29.3 Å². The predicted octanol–water partition coefficient (Wildman–Crippen LogP) is 1.48. The van der Waals surface area contributed by atoms with Crippen molar-refractivity contribution in [3.05, 3.63) is 34.9 Å². The van der Waals surface area contributed by atoms with E-state index in [0.29, 0.717) is 29.6 Å². The summed E-state index contributed by atoms with van der Waals surface area (Å²) in [5.74, 6) is 0.504. The summed E-state index contributed by atoms with van der Waals surface area (Å²) in [5, 5.41) is 9.14. The molecule has 1 aromatic rings. The van der Waals surface area contributed by atoms with Crippen molar-refractivity contribution in [2.24, 2.45) is 4.99 Å². The maximum Gasteiger partial charge on any atom is 0.252 e. The van der Waals surface area contributed by atoms with Crippen molar-refractivity contribution in [3.8, 4) is 0 Å². The van der Waals surface area contributed by atoms with Gasteiger partial charge in [-0.05, 0) is 12.1 Å². The molecule has 0 radical (unpaired) electrons. The zero-order valence-electron chi connectivity index (χ0n) is 10.9. The number of halogens is 2. The Balaban J connectivity index is 0.00000324. The van der Waals surface area contributed by atoms with Crippen molar-refractivity contribution in [1.29, 1.82) is 0 Å². The van der Waals surface area contributed by atoms with Crippen molar-refractivity contribution >= 4 is 47.4 Å². The standard InChI is InChI=1S/C12H17ClN4O.HI/c1-14-12(15-2)17-8-7-16-11(18)9-5-3-4-6-10(9)13;/h3-6H,7-8H2,1-2H3,(H,16,18)(H2,14,15,17);1H. The van der Waals surface area contributed by atoms with Crippen molar-refractivity contribution in [2.75, 3.05) is 27.2 Å². The Labute approximate surface area is 135 Å². The van der Waals surface area contributed by atoms with E-state index < -0.39 is 0 Å². The maximum absolute atomic E-state index is 11.8. The Morgan fingerprint density at radius 1 is 1.26 bits per heavy atom. The van der Waals surface area contributed by atoms with Gasteiger partial charge in [0, 0.05) is 27.2 Å². The van der Waals surface area contributed by atoms with E-state index in [0.717, 1.165) is 0 Å². The van der Waals surface area contributed by atoms with Crippen molar-refractivity contribution in [3.63, 3.8) is 0 Å². The highest BCUT2D eigenvalue weighted by atomic mass is 127. The van der Waals surface area contributed by atoms with Crippen LogP contribution < -0.4 is 16.0 Å². The van der Waals surface area contributed by atoms with E-state index in [1.165, 1.54) is 0 Å². The van der Waals surface area contributed by atoms with Crippen LogP contribution >= 0.6 is 35.6 Å². The predicted molar refractivity (Wildman–Crippen MR) is 89.6 cm³/mol. The number of rotatable bonds is 4. The van der Waals surface area contributed by atoms with E-state index in [4.69, 9.17) is 11.6 Å². The highest BCUT2D eigenvalue weighted by Gasteiger charge is 2.08. The zero-order chi connectivity index (χ0) is 13.4. The number of nitrogens with zero attached hydrogens (tertiary/aromatic N) is 1. The fourth-order valence-corrected chi connectivity index (χ4v) is 1.60. The first-order valence-electron chi connectivity index (χ1n) is 5.60. The van der Waals surface area contributed by atoms with E-state index in [9.17, 15) is 4.79 Å². The molecule has 0 aromatic heterocycles. The van der Waals surface area contributed by atoms with Crippen molar-refractivity contribution in [2.45, 2.75) is 0 Å². The van der Waals surface area contributed by atoms with Gasteiger partial charge in [0.05, 0.1) is 10.6 Å². The van der Waals surface area contributed by atoms with Crippen LogP contribution in [0.25, 0.3) is 0 Å². The second-order valence-electron chi connectivity index (χ2n) is 3.48. The summed E-state index contributed by atoms with van der Waals surface area (Å²) >= 11 is 5.92. The van der Waals surface area contributed by atoms with Gasteiger partial charge in [0.25, 0.3) is 5.91 Å². The molecular weight excluding hydrogens is 379 g/mol. The summed E-state index contributed by atoms with van der Waals surface area (Å²) in [4.78, 5) is 15.7. The zero-order valence-corrected chi connectivity index (χ0v) is 14.0. The third-order valence-corrected chi connectivity index (χ3v) is 2.61. The average molecular weight is 397 g/mol. The van der Waals surface area contributed by atoms with E-state index >= 15 is 0 Å². The molecule has 0 aliphatic rings. The minimum atomic E-state index is -0.179. The van der Waals surface area contributed by atoms with Crippen molar-refractivity contribution < 1.29 is 4.79 Å². The van der Waals surface area contributed by atoms with Crippen LogP contribution in [0.1, 0.15) is 10.4 Å². The molecule has 0 unspecified atom stereocenters. The largest absolute Gasteiger partial charge is 0.359 e. The van der Waals surface area contributed by atoms with Gasteiger partial charge in [-0.2, -0.15) is 0 Å². The molecule has 0 spiro atoms. The summed E-state index contributed by atoms with van der Waals surface area (Å²) in [6, 6.07) is 6.95. The fraction of sp³-hybridized carbons (Fsp3) is 0.333. The Kier molecular flexibility index (Phi) is 9.32. The number of hydrogen-bond donors (Lipinski definition) is 3. The minimum Gasteiger partial charge on any atom is -0.359 e. The third kappa shape index (κ3) is 6.11. The number of carbonyl (C=O) groups excluding carboxylic acids is 1. The summed E-state index contributed by atoms with van der Waals surface area (Å²) in [7, 11) is 3.46. The lowest BCUT2D eigenvalue weighted by Gasteiger charge is -2.09. The Bertz CT molecular complexity index is 439. The van der Waals surface area contributed by atoms with Crippen LogP contribution in [0.4, 0.5) is 0 Å². The first kappa shape index (κ1) is 18.0. The normalized spacial score (nSPS) is 10.4. The van der Waals surface area contributed by atoms with Crippen LogP contribution in [0.3, 0.4) is 0 Å². The molecule has 1 amide bonds. The lowest BCUT2D eigenvalue weighted by atomic mass is 10.2. The minimum absolute atomic E-state index is 0. The van der Waals surface area contributed by atoms with Gasteiger partial charge in [-0.15, -0.1) is 24.0 Å². The fourth-order valence-electron chi connectivity index (χ4n) is 1.38. The Morgan fingerprint density at radius 3 is 2.47 bits per heavy atom. The molecule has 0 saturated carbocycles. The highest BCUT2D eigenvalue weighted by molar-refractivity contribution is 14.0. The molecule has 0 heterocycles. The van der Waals surface area contributed by atoms with E-state index in [1.54, 1.807) is 38.4 Å². The topological polar surface area (TPSA) is 65.5 Å². The molecule has 3 N–H and O–H groups in total. The molecule has 7 heteroatoms. The summed E-state index contributed by atoms with van der Waals surface area (Å²) in [5.41, 5.74) is 0.483. The number of nitrogens with one attached hydrogen (secondary N) is 3. The number of benzene rings is 1. The molecule has 0 fully saturated rings. The summed E-state index contributed by atoms with van der Waals surface area (Å²) in [6.07, 6.45) is 0. The van der Waals surface area contributed by atoms with Crippen LogP contribution in [0, 0.1) is 0 Å². The molecule has 1 rings (SSSR count). The molecule has 0 aliphatic carbocycles. The second kappa shape index (κ2) is 9.85. The Morgan fingerprint density at radius 2 is 1.89 bits per heavy atom. The number of aliphatic imine (C=N–C) groups is 1. The lowest BCUT2D eigenvalue weighted by Crippen LogP contribution is -2.40. The smallest absolute Gasteiger partial charge is 0.252 e. The van der Waals surface area contributed by atoms with Gasteiger partial charge in [0.1, 0.15) is 0 Å². The average Bonchev–Trinajstić information content (AvgIpc) is 2.39. The van der Waals surface area contributed by atoms with Crippen LogP contribution in [0.5, 0.6) is 0 Å². The SMILES string of the molecule is CN=C(NC)NCCNC(=O)c1ccccc1Cl.I. The van der Waals surface area contributed by atoms with Gasteiger partial charge in [-0.1, -0.05) is 23.7 Å². The first-order chi connectivity index (χ1) is 8.69. The number of hydrogen-bond acceptors (Lipinski definition) is 2. The van der Waals surface area contributed by atoms with Crippen molar-refractivity contribution in [1.82, 2.24) is 16.0 Å². The molecular formula is C12H18ClIN4O. The van der Waals surface area contributed by atoms with E-state index in [-0.39, 0.29) is 29.9 Å². The molecule has 1 aromatic carbocycles. The molecule has 0 atom stereocenters. The third-order valence-electron chi connectivity index (χ3n) is 2.28. The molecule has 0 bridgehead atoms. The quantitative estimate of drug-likeness (QED) is 0.313. The lowest BCUT2D eigenvalue weighted by molar-refractivity contribution is 0.0954. The van der Waals surface area contributed by atoms with E-state index in [1.807, 2.05) is 0 Å². The van der Waals surface area contributed by atoms with Gasteiger partial charge in [0.15, 0.2) is 5.96 Å². The van der Waals surface area contributed by atoms with Gasteiger partial charge < -0.3 is 16.0 Å². The molecule has 5 nitrogen and oxygen atoms in total. The van der Waals surface area contributed by atoms with Gasteiger partial charge in [0.2, 0.25) is 0 Å². The summed E-state index contributed by atoms with van der Waals surface area (Å²) < 4.78 is 0. The van der Waals surface area contributed by atoms with Crippen LogP contribution in [0.2, 0.25) is 5.02 Å². The molecule has 106 valence electrons. The monoisotopic (exact) mass is 396 g/mol. The second-order valence-corrected chi connectivity index (χ2v) is 3.89. The maximum atomic E-state index is 11.8. The number of guanidine groups is 1. The molecule has 0 aliphatic heterocycles. The first-order valence-corrected chi connectivity index (χ1v) is 5.98. The van der Waals surface area contributed by atoms with Gasteiger partial charge in [-0.25, -0.2) is 0 Å². The molecule has 0 saturated heterocycles. The van der Waals surface area contributed by atoms with Gasteiger partial charge >= 0.3 is 0 Å². The van der Waals surface area contributed by atoms with E-state index in [2.05, 4.69) is 20.9 Å². The number of amides is 1. The highest BCUT2D eigenvalue weighted by Crippen LogP contribution is 2.14. The van der Waals surface area contributed by atoms with Crippen LogP contribution in [-0.2, 0) is 0 Å². The summed E-state index contributed by atoms with van der Waals surface area (Å²) in [6.45, 7) is 1.08. The van der Waals surface area contributed by atoms with Gasteiger partial charge in [-0.3, -0.25) is 9.79 Å².